The van der Waals surface area contributed by atoms with E-state index in [1.54, 1.807) is 0 Å². The molecule has 24 heteroatoms. The fraction of sp³-hybridized carbons (Fsp3) is 0.216. The Morgan fingerprint density at radius 3 is 1.56 bits per heavy atom. The Labute approximate surface area is 499 Å². The Balaban J connectivity index is 0.000000341. The summed E-state index contributed by atoms with van der Waals surface area (Å²) in [6.45, 7) is 1.20. The number of nitrogens with one attached hydrogen (secondary N) is 2. The molecule has 4 N–H and O–H groups in total. The maximum absolute atomic E-state index is 11.7. The Morgan fingerprint density at radius 1 is 0.733 bits per heavy atom. The molecule has 0 radical (unpaired) electrons. The van der Waals surface area contributed by atoms with Crippen molar-refractivity contribution in [1.82, 2.24) is 38.9 Å². The average Bonchev–Trinajstić information content (AvgIpc) is 3.89. The number of ether oxygens (including phenoxy) is 2. The van der Waals surface area contributed by atoms with Crippen LogP contribution < -0.4 is 20.1 Å². The molecule has 0 amide bonds. The third-order valence-corrected chi connectivity index (χ3v) is 11.5. The maximum atomic E-state index is 11.7. The molecule has 19 nitrogen and oxygen atoms in total. The van der Waals surface area contributed by atoms with Crippen molar-refractivity contribution in [3.8, 4) is 58.2 Å². The van der Waals surface area contributed by atoms with Crippen LogP contribution in [0.25, 0.3) is 44.3 Å². The number of rotatable bonds is 12. The molecule has 4 aromatic heterocycles. The zero-order chi connectivity index (χ0) is 53.5. The van der Waals surface area contributed by atoms with Gasteiger partial charge >= 0.3 is 63.2 Å². The number of methoxy groups -OCH3 is 2. The van der Waals surface area contributed by atoms with E-state index >= 15 is 0 Å². The summed E-state index contributed by atoms with van der Waals surface area (Å²) in [5.74, 6) is 9.49. The summed E-state index contributed by atoms with van der Waals surface area (Å²) in [7, 11) is 14.5. The molecule has 0 aliphatic carbocycles. The third kappa shape index (κ3) is 17.0. The molecule has 382 valence electrons. The number of halogens is 3. The van der Waals surface area contributed by atoms with Gasteiger partial charge in [0.25, 0.3) is 11.4 Å². The molecule has 0 saturated heterocycles. The molecule has 0 bridgehead atoms. The van der Waals surface area contributed by atoms with Crippen LogP contribution in [-0.2, 0) is 14.1 Å². The fourth-order valence-electron chi connectivity index (χ4n) is 7.05. The summed E-state index contributed by atoms with van der Waals surface area (Å²) in [5.41, 5.74) is 5.58. The van der Waals surface area contributed by atoms with E-state index in [1.165, 1.54) is 114 Å². The average molecular weight is 1180 g/mol. The Hall–Kier alpha value is -4.55. The van der Waals surface area contributed by atoms with E-state index in [0.717, 1.165) is 39.5 Å². The number of aromatic nitrogens is 6. The van der Waals surface area contributed by atoms with Gasteiger partial charge in [0.15, 0.2) is 0 Å². The number of nitro benzene ring substituents is 2. The second-order valence-electron chi connectivity index (χ2n) is 15.9. The van der Waals surface area contributed by atoms with Gasteiger partial charge in [-0.1, -0.05) is 84.8 Å². The normalized spacial score (nSPS) is 10.2. The number of nitrogens with zero attached hydrogens (tertiary/aromatic N) is 10. The SMILES string of the molecule is C.C#CCN(C)C.COc1cc(Br)c([N+](=O)[O-])cc1Nc1ncc(Cl)c(-c2cn(C)c3ccccc23)n1.COc1cc(C#CCN(C)C)c([N+](=O)[O-])cc1Nc1ncc(Cl)c(-c2cn(C)c3ccccc23)n1.O.[K][K]. The molecular weight excluding hydrogens is 1120 g/mol. The van der Waals surface area contributed by atoms with E-state index in [0.29, 0.717) is 55.3 Å². The minimum atomic E-state index is -0.487. The minimum absolute atomic E-state index is 0. The summed E-state index contributed by atoms with van der Waals surface area (Å²) in [6.07, 6.45) is 11.8. The zero-order valence-electron chi connectivity index (χ0n) is 42.3. The molecule has 0 atom stereocenters. The van der Waals surface area contributed by atoms with Gasteiger partial charge in [0, 0.05) is 83.7 Å². The predicted octanol–water partition coefficient (Wildman–Crippen LogP) is 9.80. The number of terminal acetylenes is 1. The van der Waals surface area contributed by atoms with Gasteiger partial charge in [-0.25, -0.2) is 19.9 Å². The molecule has 8 rings (SSSR count). The van der Waals surface area contributed by atoms with E-state index in [9.17, 15) is 20.2 Å². The predicted molar refractivity (Wildman–Crippen MR) is 306 cm³/mol. The van der Waals surface area contributed by atoms with Gasteiger partial charge in [0.1, 0.15) is 17.1 Å². The summed E-state index contributed by atoms with van der Waals surface area (Å²) >= 11 is 18.6. The van der Waals surface area contributed by atoms with Crippen molar-refractivity contribution in [2.75, 3.05) is 66.1 Å². The van der Waals surface area contributed by atoms with Crippen LogP contribution in [0.3, 0.4) is 0 Å². The Morgan fingerprint density at radius 2 is 1.16 bits per heavy atom. The van der Waals surface area contributed by atoms with Crippen LogP contribution in [-0.4, -0.2) is 173 Å². The monoisotopic (exact) mass is 1170 g/mol. The first-order valence-electron chi connectivity index (χ1n) is 22.2. The second kappa shape index (κ2) is 31.0. The fourth-order valence-corrected chi connectivity index (χ4v) is 7.90. The van der Waals surface area contributed by atoms with Crippen LogP contribution in [0.2, 0.25) is 10.0 Å². The van der Waals surface area contributed by atoms with Crippen molar-refractivity contribution in [3.05, 3.63) is 138 Å². The number of hydrogen-bond acceptors (Lipinski definition) is 14. The standard InChI is InChI=1S/C25H23ClN6O3.C20H15BrClN5O3.C5H9N.CH4.2K.H2O/c1-30(2)11-7-8-16-12-23(35-4)20(13-22(16)32(33)34)28-25-27-14-19(26)24(29-25)18-15-31(3)21-10-6-5-9-17(18)21;1-26-10-12(11-5-3-4-6-16(11)26)19-14(22)9-23-20(25-19)24-15-8-17(27(28)29)13(21)7-18(15)30-2;1-4-5-6(2)3;;;;/h5-6,9-10,12-15H,11H2,1-4H3,(H,27,28,29);3-10H,1-2H3,(H,23,24,25);1H,5H2,2-3H3;1H4;;;1H2. The van der Waals surface area contributed by atoms with Crippen molar-refractivity contribution < 1.29 is 24.8 Å². The number of hydrogen-bond donors (Lipinski definition) is 2. The summed E-state index contributed by atoms with van der Waals surface area (Å²) < 4.78 is 15.1. The summed E-state index contributed by atoms with van der Waals surface area (Å²) in [4.78, 5) is 43.6. The third-order valence-electron chi connectivity index (χ3n) is 10.3. The molecule has 0 aliphatic heterocycles. The van der Waals surface area contributed by atoms with E-state index in [1.807, 2.05) is 122 Å². The van der Waals surface area contributed by atoms with Gasteiger partial charge < -0.3 is 34.7 Å². The first-order valence-corrected chi connectivity index (χ1v) is 39.8. The Bertz CT molecular complexity index is 3400. The molecule has 0 unspecified atom stereocenters. The Kier molecular flexibility index (Phi) is 26.8. The van der Waals surface area contributed by atoms with Crippen molar-refractivity contribution in [1.29, 1.82) is 0 Å². The van der Waals surface area contributed by atoms with Gasteiger partial charge in [-0.15, -0.1) is 6.42 Å². The topological polar surface area (TPSA) is 228 Å². The molecular formula is C51H53BrCl2K2N12O7. The molecule has 0 fully saturated rings. The van der Waals surface area contributed by atoms with Gasteiger partial charge in [-0.2, -0.15) is 0 Å². The zero-order valence-corrected chi connectivity index (χ0v) is 51.6. The van der Waals surface area contributed by atoms with Gasteiger partial charge in [-0.3, -0.25) is 30.0 Å². The van der Waals surface area contributed by atoms with Crippen LogP contribution in [0.5, 0.6) is 11.5 Å². The number of para-hydroxylation sites is 2. The van der Waals surface area contributed by atoms with Crippen molar-refractivity contribution in [3.63, 3.8) is 0 Å². The number of nitro groups is 2. The number of fused-ring (bicyclic) bond motifs is 2. The van der Waals surface area contributed by atoms with Crippen LogP contribution in [0.1, 0.15) is 13.0 Å². The first kappa shape index (κ1) is 64.7. The van der Waals surface area contributed by atoms with E-state index in [-0.39, 0.29) is 41.7 Å². The van der Waals surface area contributed by atoms with Crippen LogP contribution in [0.15, 0.2) is 102 Å². The molecule has 8 aromatic rings. The van der Waals surface area contributed by atoms with Gasteiger partial charge in [-0.05, 0) is 56.3 Å². The first-order chi connectivity index (χ1) is 34.9. The van der Waals surface area contributed by atoms with E-state index < -0.39 is 9.85 Å². The molecule has 0 spiro atoms. The van der Waals surface area contributed by atoms with Crippen LogP contribution in [0.4, 0.5) is 34.6 Å². The van der Waals surface area contributed by atoms with Crippen LogP contribution >= 0.6 is 39.1 Å². The van der Waals surface area contributed by atoms with Gasteiger partial charge in [0.2, 0.25) is 11.9 Å². The number of benzene rings is 4. The molecule has 4 heterocycles. The van der Waals surface area contributed by atoms with Crippen molar-refractivity contribution >= 4 is 159 Å². The van der Waals surface area contributed by atoms with E-state index in [4.69, 9.17) is 39.1 Å². The molecule has 0 aliphatic rings. The number of aryl methyl sites for hydroxylation is 2. The molecule has 4 aromatic carbocycles. The summed E-state index contributed by atoms with van der Waals surface area (Å²) in [5, 5.41) is 31.9. The van der Waals surface area contributed by atoms with Crippen LogP contribution in [0, 0.1) is 44.4 Å². The van der Waals surface area contributed by atoms with E-state index in [2.05, 4.69) is 64.3 Å². The van der Waals surface area contributed by atoms with Crippen molar-refractivity contribution in [2.45, 2.75) is 7.43 Å². The molecule has 75 heavy (non-hydrogen) atoms. The molecule has 0 saturated carbocycles. The van der Waals surface area contributed by atoms with Crippen molar-refractivity contribution in [2.24, 2.45) is 14.1 Å². The summed E-state index contributed by atoms with van der Waals surface area (Å²) in [6, 6.07) is 21.6. The quantitative estimate of drug-likeness (QED) is 0.0502. The number of anilines is 4. The van der Waals surface area contributed by atoms with Gasteiger partial charge in [0.05, 0.1) is 86.8 Å². The second-order valence-corrected chi connectivity index (χ2v) is 17.6.